The summed E-state index contributed by atoms with van der Waals surface area (Å²) in [5, 5.41) is 0. The van der Waals surface area contributed by atoms with Crippen LogP contribution in [0.5, 0.6) is 0 Å². The largest absolute Gasteiger partial charge is 0.349 e. The maximum absolute atomic E-state index is 5.57. The third-order valence-corrected chi connectivity index (χ3v) is 2.20. The fraction of sp³-hybridized carbons (Fsp3) is 0.714. The lowest BCUT2D eigenvalue weighted by atomic mass is 10.2. The molecule has 0 aromatic heterocycles. The molecule has 0 fully saturated rings. The summed E-state index contributed by atoms with van der Waals surface area (Å²) in [5.41, 5.74) is 2.53. The fourth-order valence-corrected chi connectivity index (χ4v) is 1.36. The van der Waals surface area contributed by atoms with Crippen molar-refractivity contribution in [3.63, 3.8) is 0 Å². The van der Waals surface area contributed by atoms with Gasteiger partial charge in [-0.15, -0.1) is 0 Å². The van der Waals surface area contributed by atoms with Crippen molar-refractivity contribution in [1.82, 2.24) is 0 Å². The van der Waals surface area contributed by atoms with Crippen LogP contribution in [-0.2, 0) is 9.47 Å². The molecule has 0 aliphatic heterocycles. The zero-order valence-corrected chi connectivity index (χ0v) is 11.4. The Balaban J connectivity index is 3.70. The van der Waals surface area contributed by atoms with Gasteiger partial charge in [0, 0.05) is 0 Å². The van der Waals surface area contributed by atoms with Gasteiger partial charge < -0.3 is 9.47 Å². The fourth-order valence-electron chi connectivity index (χ4n) is 1.36. The molecule has 0 N–H and O–H groups in total. The van der Waals surface area contributed by atoms with Gasteiger partial charge in [0.2, 0.25) is 0 Å². The molecule has 0 saturated heterocycles. The first kappa shape index (κ1) is 15.4. The molecular weight excluding hydrogens is 200 g/mol. The first-order chi connectivity index (χ1) is 7.60. The van der Waals surface area contributed by atoms with Crippen molar-refractivity contribution in [3.8, 4) is 0 Å². The van der Waals surface area contributed by atoms with Crippen LogP contribution in [0.4, 0.5) is 0 Å². The zero-order chi connectivity index (χ0) is 12.4. The number of ether oxygens (including phenoxy) is 2. The predicted octanol–water partition coefficient (Wildman–Crippen LogP) is 4.08. The monoisotopic (exact) mass is 226 g/mol. The summed E-state index contributed by atoms with van der Waals surface area (Å²) in [7, 11) is 0. The van der Waals surface area contributed by atoms with E-state index in [0.717, 1.165) is 12.8 Å². The molecule has 0 radical (unpaired) electrons. The van der Waals surface area contributed by atoms with Crippen LogP contribution in [-0.4, -0.2) is 19.5 Å². The Kier molecular flexibility index (Phi) is 9.25. The van der Waals surface area contributed by atoms with E-state index in [2.05, 4.69) is 39.8 Å². The molecule has 0 aliphatic rings. The van der Waals surface area contributed by atoms with E-state index in [4.69, 9.17) is 9.47 Å². The van der Waals surface area contributed by atoms with Crippen molar-refractivity contribution in [3.05, 3.63) is 23.3 Å². The van der Waals surface area contributed by atoms with Crippen LogP contribution in [0.3, 0.4) is 0 Å². The molecule has 94 valence electrons. The van der Waals surface area contributed by atoms with Crippen LogP contribution in [0.15, 0.2) is 23.3 Å². The number of allylic oxidation sites excluding steroid dienone is 2. The van der Waals surface area contributed by atoms with Crippen molar-refractivity contribution >= 4 is 0 Å². The Hall–Kier alpha value is -0.600. The molecule has 2 nitrogen and oxygen atoms in total. The molecule has 0 rings (SSSR count). The Morgan fingerprint density at radius 1 is 0.938 bits per heavy atom. The highest BCUT2D eigenvalue weighted by atomic mass is 16.7. The van der Waals surface area contributed by atoms with E-state index in [0.29, 0.717) is 13.2 Å². The van der Waals surface area contributed by atoms with Gasteiger partial charge in [-0.05, 0) is 33.6 Å². The van der Waals surface area contributed by atoms with Crippen LogP contribution >= 0.6 is 0 Å². The third-order valence-electron chi connectivity index (χ3n) is 2.20. The minimum atomic E-state index is -0.139. The molecular formula is C14H26O2. The zero-order valence-electron chi connectivity index (χ0n) is 11.4. The van der Waals surface area contributed by atoms with Gasteiger partial charge in [0.05, 0.1) is 13.2 Å². The Labute approximate surface area is 100 Å². The molecule has 0 heterocycles. The van der Waals surface area contributed by atoms with Gasteiger partial charge in [0.15, 0.2) is 6.29 Å². The highest BCUT2D eigenvalue weighted by Crippen LogP contribution is 2.03. The maximum atomic E-state index is 5.57. The normalized spacial score (nSPS) is 15.3. The second kappa shape index (κ2) is 9.61. The van der Waals surface area contributed by atoms with E-state index in [-0.39, 0.29) is 6.29 Å². The summed E-state index contributed by atoms with van der Waals surface area (Å²) >= 11 is 0. The summed E-state index contributed by atoms with van der Waals surface area (Å²) in [6, 6.07) is 0. The topological polar surface area (TPSA) is 18.5 Å². The molecule has 16 heavy (non-hydrogen) atoms. The predicted molar refractivity (Wildman–Crippen MR) is 69.5 cm³/mol. The lowest BCUT2D eigenvalue weighted by molar-refractivity contribution is -0.117. The van der Waals surface area contributed by atoms with Crippen molar-refractivity contribution in [1.29, 1.82) is 0 Å². The smallest absolute Gasteiger partial charge is 0.155 e. The van der Waals surface area contributed by atoms with E-state index in [9.17, 15) is 0 Å². The van der Waals surface area contributed by atoms with Gasteiger partial charge in [0.1, 0.15) is 0 Å². The van der Waals surface area contributed by atoms with Gasteiger partial charge in [0.25, 0.3) is 0 Å². The summed E-state index contributed by atoms with van der Waals surface area (Å²) in [6.45, 7) is 11.7. The van der Waals surface area contributed by atoms with Gasteiger partial charge in [-0.1, -0.05) is 37.1 Å². The average molecular weight is 226 g/mol. The van der Waals surface area contributed by atoms with E-state index >= 15 is 0 Å². The third kappa shape index (κ3) is 8.69. The summed E-state index contributed by atoms with van der Waals surface area (Å²) in [4.78, 5) is 0. The number of hydrogen-bond acceptors (Lipinski definition) is 2. The van der Waals surface area contributed by atoms with Crippen LogP contribution < -0.4 is 0 Å². The Bertz CT molecular complexity index is 205. The van der Waals surface area contributed by atoms with E-state index in [1.54, 1.807) is 0 Å². The number of rotatable bonds is 8. The van der Waals surface area contributed by atoms with Crippen molar-refractivity contribution in [2.75, 3.05) is 13.2 Å². The first-order valence-electron chi connectivity index (χ1n) is 6.14. The minimum absolute atomic E-state index is 0.139. The molecule has 0 amide bonds. The van der Waals surface area contributed by atoms with E-state index < -0.39 is 0 Å². The maximum Gasteiger partial charge on any atom is 0.155 e. The highest BCUT2D eigenvalue weighted by molar-refractivity contribution is 4.98. The van der Waals surface area contributed by atoms with Crippen molar-refractivity contribution in [2.24, 2.45) is 0 Å². The molecule has 0 spiro atoms. The first-order valence-corrected chi connectivity index (χ1v) is 6.14. The average Bonchev–Trinajstić information content (AvgIpc) is 2.24. The quantitative estimate of drug-likeness (QED) is 0.458. The van der Waals surface area contributed by atoms with Crippen LogP contribution in [0.1, 0.15) is 47.5 Å². The molecule has 0 atom stereocenters. The van der Waals surface area contributed by atoms with Crippen molar-refractivity contribution < 1.29 is 9.47 Å². The van der Waals surface area contributed by atoms with Crippen LogP contribution in [0, 0.1) is 0 Å². The number of hydrogen-bond donors (Lipinski definition) is 0. The molecule has 0 aromatic rings. The van der Waals surface area contributed by atoms with Gasteiger partial charge >= 0.3 is 0 Å². The molecule has 0 unspecified atom stereocenters. The molecule has 0 aliphatic carbocycles. The summed E-state index contributed by atoms with van der Waals surface area (Å²) < 4.78 is 11.1. The second-order valence-electron chi connectivity index (χ2n) is 4.11. The SMILES string of the molecule is CCC=C(C)COC(C)OCC(C)=CCC. The van der Waals surface area contributed by atoms with E-state index in [1.807, 2.05) is 6.92 Å². The Morgan fingerprint density at radius 3 is 1.62 bits per heavy atom. The molecule has 0 bridgehead atoms. The highest BCUT2D eigenvalue weighted by Gasteiger charge is 2.02. The Morgan fingerprint density at radius 2 is 1.31 bits per heavy atom. The minimum Gasteiger partial charge on any atom is -0.349 e. The lowest BCUT2D eigenvalue weighted by Gasteiger charge is -2.14. The molecule has 0 aromatic carbocycles. The van der Waals surface area contributed by atoms with E-state index in [1.165, 1.54) is 11.1 Å². The molecule has 2 heteroatoms. The summed E-state index contributed by atoms with van der Waals surface area (Å²) in [5.74, 6) is 0. The standard InChI is InChI=1S/C14H26O2/c1-6-8-12(3)10-15-14(5)16-11-13(4)9-7-2/h8-9,14H,6-7,10-11H2,1-5H3. The van der Waals surface area contributed by atoms with Crippen LogP contribution in [0.25, 0.3) is 0 Å². The van der Waals surface area contributed by atoms with Gasteiger partial charge in [-0.3, -0.25) is 0 Å². The van der Waals surface area contributed by atoms with Gasteiger partial charge in [-0.2, -0.15) is 0 Å². The lowest BCUT2D eigenvalue weighted by Crippen LogP contribution is -2.15. The molecule has 0 saturated carbocycles. The van der Waals surface area contributed by atoms with Gasteiger partial charge in [-0.25, -0.2) is 0 Å². The van der Waals surface area contributed by atoms with Crippen molar-refractivity contribution in [2.45, 2.75) is 53.8 Å². The summed E-state index contributed by atoms with van der Waals surface area (Å²) in [6.07, 6.45) is 6.33. The van der Waals surface area contributed by atoms with Crippen LogP contribution in [0.2, 0.25) is 0 Å². The second-order valence-corrected chi connectivity index (χ2v) is 4.11.